The van der Waals surface area contributed by atoms with Gasteiger partial charge in [0.15, 0.2) is 0 Å². The lowest BCUT2D eigenvalue weighted by Gasteiger charge is -2.31. The number of hydrogen-bond acceptors (Lipinski definition) is 4. The number of amides is 2. The van der Waals surface area contributed by atoms with Gasteiger partial charge in [-0.3, -0.25) is 14.6 Å². The van der Waals surface area contributed by atoms with Crippen LogP contribution in [0.5, 0.6) is 0 Å². The molecule has 1 aromatic carbocycles. The molecule has 0 spiro atoms. The van der Waals surface area contributed by atoms with E-state index in [-0.39, 0.29) is 17.7 Å². The molecule has 1 fully saturated rings. The van der Waals surface area contributed by atoms with E-state index in [9.17, 15) is 9.59 Å². The normalized spacial score (nSPS) is 14.6. The standard InChI is InChI=1S/C23H23N3O3/c27-22(25-16-20-7-4-14-29-20)18-9-12-26(13-10-18)23(28)19-8-11-24-21(15-19)17-5-2-1-3-6-17/h1-8,11,14-15,18H,9-10,12-13,16H2,(H,25,27). The summed E-state index contributed by atoms with van der Waals surface area (Å²) in [7, 11) is 0. The third-order valence-electron chi connectivity index (χ3n) is 5.25. The van der Waals surface area contributed by atoms with E-state index in [0.29, 0.717) is 38.0 Å². The van der Waals surface area contributed by atoms with Gasteiger partial charge in [0.05, 0.1) is 18.5 Å². The van der Waals surface area contributed by atoms with Crippen molar-refractivity contribution in [3.05, 3.63) is 78.4 Å². The van der Waals surface area contributed by atoms with Gasteiger partial charge in [0, 0.05) is 36.3 Å². The number of pyridine rings is 1. The molecule has 148 valence electrons. The molecule has 0 unspecified atom stereocenters. The van der Waals surface area contributed by atoms with Gasteiger partial charge in [0.2, 0.25) is 5.91 Å². The Morgan fingerprint density at radius 1 is 1.07 bits per heavy atom. The fourth-order valence-corrected chi connectivity index (χ4v) is 3.59. The van der Waals surface area contributed by atoms with E-state index >= 15 is 0 Å². The quantitative estimate of drug-likeness (QED) is 0.725. The second-order valence-electron chi connectivity index (χ2n) is 7.16. The zero-order valence-electron chi connectivity index (χ0n) is 16.1. The molecule has 1 saturated heterocycles. The Morgan fingerprint density at radius 2 is 1.86 bits per heavy atom. The predicted molar refractivity (Wildman–Crippen MR) is 109 cm³/mol. The van der Waals surface area contributed by atoms with Gasteiger partial charge in [0.1, 0.15) is 5.76 Å². The second kappa shape index (κ2) is 8.73. The Morgan fingerprint density at radius 3 is 2.59 bits per heavy atom. The van der Waals surface area contributed by atoms with Crippen molar-refractivity contribution in [3.63, 3.8) is 0 Å². The number of carbonyl (C=O) groups is 2. The molecule has 0 bridgehead atoms. The zero-order chi connectivity index (χ0) is 20.1. The molecule has 1 aliphatic rings. The number of benzene rings is 1. The minimum absolute atomic E-state index is 0.0148. The van der Waals surface area contributed by atoms with E-state index < -0.39 is 0 Å². The van der Waals surface area contributed by atoms with E-state index in [2.05, 4.69) is 10.3 Å². The number of rotatable bonds is 5. The van der Waals surface area contributed by atoms with Crippen molar-refractivity contribution >= 4 is 11.8 Å². The van der Waals surface area contributed by atoms with Gasteiger partial charge in [-0.05, 0) is 37.1 Å². The van der Waals surface area contributed by atoms with Crippen LogP contribution in [-0.2, 0) is 11.3 Å². The number of carbonyl (C=O) groups excluding carboxylic acids is 2. The molecule has 2 aromatic heterocycles. The maximum Gasteiger partial charge on any atom is 0.253 e. The van der Waals surface area contributed by atoms with E-state index in [4.69, 9.17) is 4.42 Å². The van der Waals surface area contributed by atoms with E-state index in [1.165, 1.54) is 0 Å². The van der Waals surface area contributed by atoms with Crippen LogP contribution in [0.25, 0.3) is 11.3 Å². The minimum Gasteiger partial charge on any atom is -0.467 e. The highest BCUT2D eigenvalue weighted by molar-refractivity contribution is 5.95. The van der Waals surface area contributed by atoms with Gasteiger partial charge in [0.25, 0.3) is 5.91 Å². The number of nitrogens with one attached hydrogen (secondary N) is 1. The predicted octanol–water partition coefficient (Wildman–Crippen LogP) is 3.51. The maximum atomic E-state index is 12.9. The first-order valence-electron chi connectivity index (χ1n) is 9.81. The van der Waals surface area contributed by atoms with Crippen LogP contribution in [0.2, 0.25) is 0 Å². The second-order valence-corrected chi connectivity index (χ2v) is 7.16. The molecule has 3 heterocycles. The van der Waals surface area contributed by atoms with Crippen LogP contribution in [0.4, 0.5) is 0 Å². The van der Waals surface area contributed by atoms with Crippen molar-refractivity contribution in [2.45, 2.75) is 19.4 Å². The maximum absolute atomic E-state index is 12.9. The number of likely N-dealkylation sites (tertiary alicyclic amines) is 1. The lowest BCUT2D eigenvalue weighted by Crippen LogP contribution is -2.42. The third kappa shape index (κ3) is 4.54. The zero-order valence-corrected chi connectivity index (χ0v) is 16.1. The van der Waals surface area contributed by atoms with Crippen molar-refractivity contribution in [1.82, 2.24) is 15.2 Å². The van der Waals surface area contributed by atoms with Crippen molar-refractivity contribution < 1.29 is 14.0 Å². The topological polar surface area (TPSA) is 75.4 Å². The molecule has 1 aliphatic heterocycles. The Labute approximate surface area is 169 Å². The van der Waals surface area contributed by atoms with Gasteiger partial charge in [-0.15, -0.1) is 0 Å². The molecule has 6 nitrogen and oxygen atoms in total. The van der Waals surface area contributed by atoms with Crippen LogP contribution in [0.3, 0.4) is 0 Å². The first-order valence-corrected chi connectivity index (χ1v) is 9.81. The Bertz CT molecular complexity index is 962. The van der Waals surface area contributed by atoms with Gasteiger partial charge >= 0.3 is 0 Å². The number of furan rings is 1. The minimum atomic E-state index is -0.0775. The molecule has 1 N–H and O–H groups in total. The fraction of sp³-hybridized carbons (Fsp3) is 0.261. The van der Waals surface area contributed by atoms with E-state index in [0.717, 1.165) is 17.0 Å². The molecule has 0 aliphatic carbocycles. The number of nitrogens with zero attached hydrogens (tertiary/aromatic N) is 2. The molecule has 2 amide bonds. The highest BCUT2D eigenvalue weighted by Gasteiger charge is 2.28. The number of hydrogen-bond donors (Lipinski definition) is 1. The number of aromatic nitrogens is 1. The lowest BCUT2D eigenvalue weighted by atomic mass is 9.95. The van der Waals surface area contributed by atoms with Gasteiger partial charge < -0.3 is 14.6 Å². The molecular weight excluding hydrogens is 366 g/mol. The summed E-state index contributed by atoms with van der Waals surface area (Å²) in [5.41, 5.74) is 2.39. The van der Waals surface area contributed by atoms with Gasteiger partial charge in [-0.2, -0.15) is 0 Å². The smallest absolute Gasteiger partial charge is 0.253 e. The molecule has 4 rings (SSSR count). The SMILES string of the molecule is O=C(NCc1ccco1)C1CCN(C(=O)c2ccnc(-c3ccccc3)c2)CC1. The summed E-state index contributed by atoms with van der Waals surface area (Å²) in [6.45, 7) is 1.53. The summed E-state index contributed by atoms with van der Waals surface area (Å²) in [6.07, 6.45) is 4.58. The summed E-state index contributed by atoms with van der Waals surface area (Å²) in [5, 5.41) is 2.91. The van der Waals surface area contributed by atoms with Gasteiger partial charge in [-0.25, -0.2) is 0 Å². The molecule has 6 heteroatoms. The summed E-state index contributed by atoms with van der Waals surface area (Å²) >= 11 is 0. The summed E-state index contributed by atoms with van der Waals surface area (Å²) in [4.78, 5) is 31.5. The highest BCUT2D eigenvalue weighted by atomic mass is 16.3. The van der Waals surface area contributed by atoms with Gasteiger partial charge in [-0.1, -0.05) is 30.3 Å². The van der Waals surface area contributed by atoms with Crippen LogP contribution in [0.1, 0.15) is 29.0 Å². The van der Waals surface area contributed by atoms with Crippen LogP contribution in [0, 0.1) is 5.92 Å². The lowest BCUT2D eigenvalue weighted by molar-refractivity contribution is -0.126. The molecular formula is C23H23N3O3. The average molecular weight is 389 g/mol. The molecule has 3 aromatic rings. The van der Waals surface area contributed by atoms with Crippen molar-refractivity contribution in [2.24, 2.45) is 5.92 Å². The summed E-state index contributed by atoms with van der Waals surface area (Å²) < 4.78 is 5.24. The summed E-state index contributed by atoms with van der Waals surface area (Å²) in [6, 6.07) is 17.0. The van der Waals surface area contributed by atoms with Crippen molar-refractivity contribution in [3.8, 4) is 11.3 Å². The number of piperidine rings is 1. The van der Waals surface area contributed by atoms with Crippen LogP contribution in [-0.4, -0.2) is 34.8 Å². The summed E-state index contributed by atoms with van der Waals surface area (Å²) in [5.74, 6) is 0.659. The molecule has 0 saturated carbocycles. The Balaban J connectivity index is 1.34. The van der Waals surface area contributed by atoms with Crippen LogP contribution >= 0.6 is 0 Å². The monoisotopic (exact) mass is 389 g/mol. The first-order chi connectivity index (χ1) is 14.2. The van der Waals surface area contributed by atoms with E-state index in [1.54, 1.807) is 24.6 Å². The van der Waals surface area contributed by atoms with E-state index in [1.807, 2.05) is 47.4 Å². The first kappa shape index (κ1) is 18.9. The molecule has 0 radical (unpaired) electrons. The Hall–Kier alpha value is -3.41. The Kier molecular flexibility index (Phi) is 5.70. The molecule has 29 heavy (non-hydrogen) atoms. The largest absolute Gasteiger partial charge is 0.467 e. The van der Waals surface area contributed by atoms with Crippen molar-refractivity contribution in [1.29, 1.82) is 0 Å². The van der Waals surface area contributed by atoms with Crippen LogP contribution in [0.15, 0.2) is 71.5 Å². The van der Waals surface area contributed by atoms with Crippen LogP contribution < -0.4 is 5.32 Å². The highest BCUT2D eigenvalue weighted by Crippen LogP contribution is 2.22. The fourth-order valence-electron chi connectivity index (χ4n) is 3.59. The average Bonchev–Trinajstić information content (AvgIpc) is 3.31. The van der Waals surface area contributed by atoms with Crippen molar-refractivity contribution in [2.75, 3.05) is 13.1 Å². The third-order valence-corrected chi connectivity index (χ3v) is 5.25. The molecule has 0 atom stereocenters.